The predicted molar refractivity (Wildman–Crippen MR) is 73.9 cm³/mol. The van der Waals surface area contributed by atoms with E-state index in [0.717, 1.165) is 23.7 Å². The van der Waals surface area contributed by atoms with Gasteiger partial charge in [-0.25, -0.2) is 0 Å². The van der Waals surface area contributed by atoms with E-state index in [1.165, 1.54) is 0 Å². The standard InChI is InChI=1S/C14H17N3O2/c15-9-3-4-11-12(7-16-13(11)6-9)14(19)17-5-1-2-10(18)8-17/h3-4,6-7,10,16,18H,1-2,5,8,15H2. The minimum Gasteiger partial charge on any atom is -0.399 e. The minimum absolute atomic E-state index is 0.0326. The number of carbonyl (C=O) groups excluding carboxylic acids is 1. The molecule has 5 nitrogen and oxygen atoms in total. The molecule has 1 aliphatic heterocycles. The summed E-state index contributed by atoms with van der Waals surface area (Å²) in [7, 11) is 0. The van der Waals surface area contributed by atoms with Crippen molar-refractivity contribution in [3.8, 4) is 0 Å². The van der Waals surface area contributed by atoms with Crippen molar-refractivity contribution in [1.29, 1.82) is 0 Å². The molecule has 2 aromatic rings. The molecule has 0 aliphatic carbocycles. The summed E-state index contributed by atoms with van der Waals surface area (Å²) in [4.78, 5) is 17.3. The Labute approximate surface area is 111 Å². The molecule has 1 fully saturated rings. The molecule has 1 unspecified atom stereocenters. The molecule has 0 saturated carbocycles. The van der Waals surface area contributed by atoms with Crippen LogP contribution in [0.15, 0.2) is 24.4 Å². The molecule has 2 heterocycles. The molecule has 1 amide bonds. The number of anilines is 1. The van der Waals surface area contributed by atoms with Crippen LogP contribution in [0.4, 0.5) is 5.69 Å². The Morgan fingerprint density at radius 2 is 2.32 bits per heavy atom. The molecule has 100 valence electrons. The molecule has 0 bridgehead atoms. The number of aliphatic hydroxyl groups is 1. The summed E-state index contributed by atoms with van der Waals surface area (Å²) in [5.41, 5.74) is 7.89. The average molecular weight is 259 g/mol. The highest BCUT2D eigenvalue weighted by atomic mass is 16.3. The van der Waals surface area contributed by atoms with E-state index in [1.54, 1.807) is 17.2 Å². The number of carbonyl (C=O) groups is 1. The first-order valence-corrected chi connectivity index (χ1v) is 6.49. The number of piperidine rings is 1. The van der Waals surface area contributed by atoms with Gasteiger partial charge in [0.05, 0.1) is 11.7 Å². The zero-order valence-corrected chi connectivity index (χ0v) is 10.6. The van der Waals surface area contributed by atoms with Gasteiger partial charge in [0.15, 0.2) is 0 Å². The number of likely N-dealkylation sites (tertiary alicyclic amines) is 1. The average Bonchev–Trinajstić information content (AvgIpc) is 2.80. The van der Waals surface area contributed by atoms with Crippen molar-refractivity contribution in [3.63, 3.8) is 0 Å². The van der Waals surface area contributed by atoms with Crippen LogP contribution in [-0.4, -0.2) is 40.1 Å². The van der Waals surface area contributed by atoms with Crippen molar-refractivity contribution in [2.45, 2.75) is 18.9 Å². The van der Waals surface area contributed by atoms with E-state index in [1.807, 2.05) is 12.1 Å². The lowest BCUT2D eigenvalue weighted by Crippen LogP contribution is -2.42. The molecule has 1 atom stereocenters. The van der Waals surface area contributed by atoms with Crippen LogP contribution in [-0.2, 0) is 0 Å². The first-order chi connectivity index (χ1) is 9.15. The van der Waals surface area contributed by atoms with Gasteiger partial charge < -0.3 is 20.7 Å². The van der Waals surface area contributed by atoms with Crippen molar-refractivity contribution in [2.24, 2.45) is 0 Å². The number of fused-ring (bicyclic) bond motifs is 1. The van der Waals surface area contributed by atoms with Crippen LogP contribution < -0.4 is 5.73 Å². The van der Waals surface area contributed by atoms with Gasteiger partial charge in [0.2, 0.25) is 0 Å². The Kier molecular flexibility index (Phi) is 2.91. The fourth-order valence-corrected chi connectivity index (χ4v) is 2.63. The van der Waals surface area contributed by atoms with Gasteiger partial charge in [-0.05, 0) is 31.0 Å². The fraction of sp³-hybridized carbons (Fsp3) is 0.357. The Morgan fingerprint density at radius 1 is 1.47 bits per heavy atom. The number of aromatic nitrogens is 1. The molecule has 1 saturated heterocycles. The summed E-state index contributed by atoms with van der Waals surface area (Å²) in [6.45, 7) is 1.12. The summed E-state index contributed by atoms with van der Waals surface area (Å²) in [6.07, 6.45) is 2.93. The Balaban J connectivity index is 1.93. The molecule has 19 heavy (non-hydrogen) atoms. The number of aliphatic hydroxyl groups excluding tert-OH is 1. The monoisotopic (exact) mass is 259 g/mol. The number of nitrogens with one attached hydrogen (secondary N) is 1. The van der Waals surface area contributed by atoms with Gasteiger partial charge in [-0.1, -0.05) is 0 Å². The fourth-order valence-electron chi connectivity index (χ4n) is 2.63. The van der Waals surface area contributed by atoms with E-state index in [4.69, 9.17) is 5.73 Å². The third-order valence-corrected chi connectivity index (χ3v) is 3.62. The lowest BCUT2D eigenvalue weighted by molar-refractivity contribution is 0.0475. The summed E-state index contributed by atoms with van der Waals surface area (Å²) in [6, 6.07) is 5.46. The van der Waals surface area contributed by atoms with Crippen molar-refractivity contribution >= 4 is 22.5 Å². The van der Waals surface area contributed by atoms with E-state index < -0.39 is 6.10 Å². The van der Waals surface area contributed by atoms with Crippen molar-refractivity contribution in [2.75, 3.05) is 18.8 Å². The van der Waals surface area contributed by atoms with E-state index >= 15 is 0 Å². The second-order valence-electron chi connectivity index (χ2n) is 5.05. The molecule has 0 radical (unpaired) electrons. The summed E-state index contributed by atoms with van der Waals surface area (Å²) in [5.74, 6) is -0.0326. The van der Waals surface area contributed by atoms with Gasteiger partial charge in [0.1, 0.15) is 0 Å². The zero-order chi connectivity index (χ0) is 13.4. The Hall–Kier alpha value is -2.01. The maximum Gasteiger partial charge on any atom is 0.256 e. The largest absolute Gasteiger partial charge is 0.399 e. The van der Waals surface area contributed by atoms with Gasteiger partial charge in [0, 0.05) is 35.9 Å². The van der Waals surface area contributed by atoms with Gasteiger partial charge in [-0.3, -0.25) is 4.79 Å². The SMILES string of the molecule is Nc1ccc2c(C(=O)N3CCCC(O)C3)c[nH]c2c1. The number of nitrogen functional groups attached to an aromatic ring is 1. The van der Waals surface area contributed by atoms with Crippen LogP contribution in [0.25, 0.3) is 10.9 Å². The molecule has 3 rings (SSSR count). The van der Waals surface area contributed by atoms with Crippen LogP contribution in [0.5, 0.6) is 0 Å². The van der Waals surface area contributed by atoms with Crippen molar-refractivity contribution in [1.82, 2.24) is 9.88 Å². The van der Waals surface area contributed by atoms with Gasteiger partial charge in [-0.15, -0.1) is 0 Å². The zero-order valence-electron chi connectivity index (χ0n) is 10.6. The number of amides is 1. The summed E-state index contributed by atoms with van der Waals surface area (Å²) < 4.78 is 0. The number of nitrogens with two attached hydrogens (primary N) is 1. The lowest BCUT2D eigenvalue weighted by Gasteiger charge is -2.30. The molecular weight excluding hydrogens is 242 g/mol. The van der Waals surface area contributed by atoms with E-state index in [9.17, 15) is 9.90 Å². The number of H-pyrrole nitrogens is 1. The second kappa shape index (κ2) is 4.59. The highest BCUT2D eigenvalue weighted by Gasteiger charge is 2.24. The Bertz CT molecular complexity index is 620. The van der Waals surface area contributed by atoms with E-state index in [2.05, 4.69) is 4.98 Å². The second-order valence-corrected chi connectivity index (χ2v) is 5.05. The van der Waals surface area contributed by atoms with Crippen LogP contribution in [0.3, 0.4) is 0 Å². The quantitative estimate of drug-likeness (QED) is 0.676. The third kappa shape index (κ3) is 2.17. The van der Waals surface area contributed by atoms with Crippen LogP contribution in [0.1, 0.15) is 23.2 Å². The predicted octanol–water partition coefficient (Wildman–Crippen LogP) is 1.35. The number of β-amino-alcohol motifs (C(OH)–C–C–N with tert-alkyl or cyclic N) is 1. The van der Waals surface area contributed by atoms with Crippen molar-refractivity contribution in [3.05, 3.63) is 30.0 Å². The maximum atomic E-state index is 12.5. The van der Waals surface area contributed by atoms with Gasteiger partial charge >= 0.3 is 0 Å². The number of aromatic amines is 1. The summed E-state index contributed by atoms with van der Waals surface area (Å²) in [5, 5.41) is 10.5. The first-order valence-electron chi connectivity index (χ1n) is 6.49. The molecule has 4 N–H and O–H groups in total. The number of hydrogen-bond donors (Lipinski definition) is 3. The minimum atomic E-state index is -0.404. The highest BCUT2D eigenvalue weighted by Crippen LogP contribution is 2.23. The normalized spacial score (nSPS) is 19.8. The maximum absolute atomic E-state index is 12.5. The van der Waals surface area contributed by atoms with Gasteiger partial charge in [-0.2, -0.15) is 0 Å². The third-order valence-electron chi connectivity index (χ3n) is 3.62. The summed E-state index contributed by atoms with van der Waals surface area (Å²) >= 11 is 0. The van der Waals surface area contributed by atoms with E-state index in [0.29, 0.717) is 24.3 Å². The number of benzene rings is 1. The number of nitrogens with zero attached hydrogens (tertiary/aromatic N) is 1. The van der Waals surface area contributed by atoms with Crippen LogP contribution in [0.2, 0.25) is 0 Å². The topological polar surface area (TPSA) is 82.3 Å². The molecule has 1 aromatic carbocycles. The molecule has 1 aliphatic rings. The van der Waals surface area contributed by atoms with Crippen molar-refractivity contribution < 1.29 is 9.90 Å². The van der Waals surface area contributed by atoms with E-state index in [-0.39, 0.29) is 5.91 Å². The van der Waals surface area contributed by atoms with Crippen LogP contribution in [0, 0.1) is 0 Å². The lowest BCUT2D eigenvalue weighted by atomic mass is 10.1. The van der Waals surface area contributed by atoms with Crippen LogP contribution >= 0.6 is 0 Å². The molecule has 5 heteroatoms. The Morgan fingerprint density at radius 3 is 3.11 bits per heavy atom. The smallest absolute Gasteiger partial charge is 0.256 e. The first kappa shape index (κ1) is 12.0. The molecule has 1 aromatic heterocycles. The molecule has 0 spiro atoms. The van der Waals surface area contributed by atoms with Gasteiger partial charge in [0.25, 0.3) is 5.91 Å². The molecular formula is C14H17N3O2. The number of hydrogen-bond acceptors (Lipinski definition) is 3. The highest BCUT2D eigenvalue weighted by molar-refractivity contribution is 6.07. The number of rotatable bonds is 1.